The van der Waals surface area contributed by atoms with Gasteiger partial charge in [0.1, 0.15) is 5.75 Å². The van der Waals surface area contributed by atoms with Crippen molar-refractivity contribution in [2.75, 3.05) is 30.4 Å². The summed E-state index contributed by atoms with van der Waals surface area (Å²) in [4.78, 5) is 52.1. The van der Waals surface area contributed by atoms with Gasteiger partial charge in [-0.15, -0.1) is 0 Å². The second kappa shape index (κ2) is 10.7. The second-order valence-corrected chi connectivity index (χ2v) is 8.14. The number of hydrogen-bond donors (Lipinski definition) is 2. The highest BCUT2D eigenvalue weighted by molar-refractivity contribution is 6.08. The van der Waals surface area contributed by atoms with E-state index in [0.29, 0.717) is 17.0 Å². The molecule has 184 valence electrons. The molecule has 3 amide bonds. The third-order valence-corrected chi connectivity index (χ3v) is 5.62. The van der Waals surface area contributed by atoms with Crippen LogP contribution in [0.15, 0.2) is 72.8 Å². The van der Waals surface area contributed by atoms with Crippen LogP contribution in [0.4, 0.5) is 11.4 Å². The summed E-state index contributed by atoms with van der Waals surface area (Å²) in [5.41, 5.74) is 2.22. The number of hydrogen-bond acceptors (Lipinski definition) is 6. The number of nitrogens with one attached hydrogen (secondary N) is 2. The zero-order valence-corrected chi connectivity index (χ0v) is 19.8. The number of para-hydroxylation sites is 3. The van der Waals surface area contributed by atoms with Crippen LogP contribution in [-0.4, -0.2) is 50.0 Å². The highest BCUT2D eigenvalue weighted by Gasteiger charge is 2.33. The molecule has 1 aliphatic rings. The standard InChI is InChI=1S/C27H25N3O6/c1-17-8-7-9-18(14-17)25(32)29-20-11-4-3-10-19(20)27(34)35-16-24(31)30-15-23(26(33)28-2)36-22-13-6-5-12-21(22)30/h3-14,23H,15-16H2,1-2H3,(H,28,33)(H,29,32). The molecule has 1 heterocycles. The lowest BCUT2D eigenvalue weighted by atomic mass is 10.1. The van der Waals surface area contributed by atoms with Crippen LogP contribution in [0.1, 0.15) is 26.3 Å². The number of carbonyl (C=O) groups is 4. The first-order valence-electron chi connectivity index (χ1n) is 11.3. The van der Waals surface area contributed by atoms with E-state index in [0.717, 1.165) is 5.56 Å². The van der Waals surface area contributed by atoms with Gasteiger partial charge in [-0.3, -0.25) is 14.4 Å². The van der Waals surface area contributed by atoms with Crippen molar-refractivity contribution in [2.45, 2.75) is 13.0 Å². The fourth-order valence-corrected chi connectivity index (χ4v) is 3.80. The minimum Gasteiger partial charge on any atom is -0.477 e. The van der Waals surface area contributed by atoms with Gasteiger partial charge in [-0.1, -0.05) is 42.0 Å². The lowest BCUT2D eigenvalue weighted by molar-refractivity contribution is -0.128. The zero-order chi connectivity index (χ0) is 25.7. The highest BCUT2D eigenvalue weighted by atomic mass is 16.5. The molecule has 0 aliphatic carbocycles. The van der Waals surface area contributed by atoms with Gasteiger partial charge in [0, 0.05) is 12.6 Å². The molecule has 0 spiro atoms. The number of esters is 1. The Hall–Kier alpha value is -4.66. The third kappa shape index (κ3) is 5.35. The Morgan fingerprint density at radius 2 is 1.75 bits per heavy atom. The summed E-state index contributed by atoms with van der Waals surface area (Å²) in [6, 6.07) is 20.3. The summed E-state index contributed by atoms with van der Waals surface area (Å²) < 4.78 is 11.0. The number of rotatable bonds is 6. The van der Waals surface area contributed by atoms with Crippen molar-refractivity contribution < 1.29 is 28.7 Å². The molecule has 3 aromatic carbocycles. The molecule has 1 aliphatic heterocycles. The summed E-state index contributed by atoms with van der Waals surface area (Å²) in [6.07, 6.45) is -0.901. The van der Waals surface area contributed by atoms with E-state index in [4.69, 9.17) is 9.47 Å². The van der Waals surface area contributed by atoms with Crippen molar-refractivity contribution in [3.8, 4) is 5.75 Å². The van der Waals surface area contributed by atoms with Crippen LogP contribution in [-0.2, 0) is 14.3 Å². The SMILES string of the molecule is CNC(=O)C1CN(C(=O)COC(=O)c2ccccc2NC(=O)c2cccc(C)c2)c2ccccc2O1. The minimum atomic E-state index is -0.901. The van der Waals surface area contributed by atoms with Crippen molar-refractivity contribution in [1.29, 1.82) is 0 Å². The Morgan fingerprint density at radius 3 is 2.53 bits per heavy atom. The van der Waals surface area contributed by atoms with Crippen molar-refractivity contribution in [2.24, 2.45) is 0 Å². The number of aryl methyl sites for hydroxylation is 1. The van der Waals surface area contributed by atoms with Gasteiger partial charge in [0.25, 0.3) is 17.7 Å². The quantitative estimate of drug-likeness (QED) is 0.517. The molecule has 0 aromatic heterocycles. The van der Waals surface area contributed by atoms with Crippen molar-refractivity contribution in [1.82, 2.24) is 5.32 Å². The average molecular weight is 488 g/mol. The van der Waals surface area contributed by atoms with Crippen LogP contribution in [0.5, 0.6) is 5.75 Å². The van der Waals surface area contributed by atoms with E-state index in [1.807, 2.05) is 13.0 Å². The number of fused-ring (bicyclic) bond motifs is 1. The number of benzene rings is 3. The van der Waals surface area contributed by atoms with Crippen LogP contribution in [0, 0.1) is 6.92 Å². The molecule has 9 heteroatoms. The van der Waals surface area contributed by atoms with E-state index in [2.05, 4.69) is 10.6 Å². The van der Waals surface area contributed by atoms with E-state index in [1.54, 1.807) is 60.7 Å². The molecule has 1 unspecified atom stereocenters. The molecule has 9 nitrogen and oxygen atoms in total. The molecule has 36 heavy (non-hydrogen) atoms. The molecule has 0 bridgehead atoms. The van der Waals surface area contributed by atoms with Gasteiger partial charge in [-0.05, 0) is 43.3 Å². The maximum atomic E-state index is 13.0. The van der Waals surface area contributed by atoms with E-state index in [1.165, 1.54) is 18.0 Å². The Morgan fingerprint density at radius 1 is 1.00 bits per heavy atom. The minimum absolute atomic E-state index is 0.0315. The molecular weight excluding hydrogens is 462 g/mol. The molecule has 4 rings (SSSR count). The maximum absolute atomic E-state index is 13.0. The topological polar surface area (TPSA) is 114 Å². The van der Waals surface area contributed by atoms with Crippen molar-refractivity contribution in [3.63, 3.8) is 0 Å². The predicted molar refractivity (Wildman–Crippen MR) is 133 cm³/mol. The van der Waals surface area contributed by atoms with Gasteiger partial charge >= 0.3 is 5.97 Å². The lowest BCUT2D eigenvalue weighted by Crippen LogP contribution is -2.51. The Balaban J connectivity index is 1.46. The molecule has 0 radical (unpaired) electrons. The van der Waals surface area contributed by atoms with Crippen LogP contribution in [0.25, 0.3) is 0 Å². The summed E-state index contributed by atoms with van der Waals surface area (Å²) in [7, 11) is 1.48. The van der Waals surface area contributed by atoms with E-state index in [-0.39, 0.29) is 29.6 Å². The molecular formula is C27H25N3O6. The molecule has 0 saturated heterocycles. The van der Waals surface area contributed by atoms with Crippen LogP contribution in [0.3, 0.4) is 0 Å². The number of anilines is 2. The molecule has 2 N–H and O–H groups in total. The summed E-state index contributed by atoms with van der Waals surface area (Å²) >= 11 is 0. The van der Waals surface area contributed by atoms with Gasteiger partial charge in [0.2, 0.25) is 0 Å². The van der Waals surface area contributed by atoms with Crippen LogP contribution >= 0.6 is 0 Å². The first-order chi connectivity index (χ1) is 17.4. The number of carbonyl (C=O) groups excluding carboxylic acids is 4. The Bertz CT molecular complexity index is 1320. The second-order valence-electron chi connectivity index (χ2n) is 8.14. The molecule has 1 atom stereocenters. The van der Waals surface area contributed by atoms with Gasteiger partial charge in [-0.25, -0.2) is 4.79 Å². The number of likely N-dealkylation sites (N-methyl/N-ethyl adjacent to an activating group) is 1. The number of amides is 3. The summed E-state index contributed by atoms with van der Waals surface area (Å²) in [5, 5.41) is 5.24. The normalized spacial score (nSPS) is 14.2. The fraction of sp³-hybridized carbons (Fsp3) is 0.185. The summed E-state index contributed by atoms with van der Waals surface area (Å²) in [6.45, 7) is 1.28. The van der Waals surface area contributed by atoms with Gasteiger partial charge in [-0.2, -0.15) is 0 Å². The van der Waals surface area contributed by atoms with E-state index >= 15 is 0 Å². The maximum Gasteiger partial charge on any atom is 0.340 e. The average Bonchev–Trinajstić information content (AvgIpc) is 2.90. The summed E-state index contributed by atoms with van der Waals surface area (Å²) in [5.74, 6) is -1.67. The van der Waals surface area contributed by atoms with Crippen LogP contribution < -0.4 is 20.3 Å². The fourth-order valence-electron chi connectivity index (χ4n) is 3.80. The highest BCUT2D eigenvalue weighted by Crippen LogP contribution is 2.33. The van der Waals surface area contributed by atoms with Gasteiger partial charge in [0.15, 0.2) is 12.7 Å². The third-order valence-electron chi connectivity index (χ3n) is 5.62. The number of nitrogens with zero attached hydrogens (tertiary/aromatic N) is 1. The van der Waals surface area contributed by atoms with Crippen molar-refractivity contribution >= 4 is 35.1 Å². The molecule has 0 saturated carbocycles. The Labute approximate surface area is 208 Å². The molecule has 3 aromatic rings. The lowest BCUT2D eigenvalue weighted by Gasteiger charge is -2.33. The van der Waals surface area contributed by atoms with E-state index in [9.17, 15) is 19.2 Å². The van der Waals surface area contributed by atoms with E-state index < -0.39 is 24.6 Å². The number of ether oxygens (including phenoxy) is 2. The predicted octanol–water partition coefficient (Wildman–Crippen LogP) is 2.94. The first-order valence-corrected chi connectivity index (χ1v) is 11.3. The zero-order valence-electron chi connectivity index (χ0n) is 19.8. The smallest absolute Gasteiger partial charge is 0.340 e. The molecule has 0 fully saturated rings. The monoisotopic (exact) mass is 487 g/mol. The first kappa shape index (κ1) is 24.5. The van der Waals surface area contributed by atoms with Gasteiger partial charge < -0.3 is 25.0 Å². The largest absolute Gasteiger partial charge is 0.477 e. The van der Waals surface area contributed by atoms with Crippen molar-refractivity contribution in [3.05, 3.63) is 89.5 Å². The van der Waals surface area contributed by atoms with Crippen LogP contribution in [0.2, 0.25) is 0 Å². The van der Waals surface area contributed by atoms with Gasteiger partial charge in [0.05, 0.1) is 23.5 Å². The Kier molecular flexibility index (Phi) is 7.29.